The van der Waals surface area contributed by atoms with Gasteiger partial charge in [-0.05, 0) is 25.8 Å². The minimum Gasteiger partial charge on any atom is -0.311 e. The molecular weight excluding hydrogens is 246 g/mol. The molecule has 102 valence electrons. The van der Waals surface area contributed by atoms with E-state index < -0.39 is 0 Å². The molecule has 1 aliphatic carbocycles. The van der Waals surface area contributed by atoms with Gasteiger partial charge in [-0.1, -0.05) is 43.7 Å². The second-order valence-electron chi connectivity index (χ2n) is 5.37. The van der Waals surface area contributed by atoms with Crippen molar-refractivity contribution in [2.75, 3.05) is 7.05 Å². The summed E-state index contributed by atoms with van der Waals surface area (Å²) in [5.41, 5.74) is 1.14. The van der Waals surface area contributed by atoms with Gasteiger partial charge in [0.1, 0.15) is 0 Å². The van der Waals surface area contributed by atoms with Crippen molar-refractivity contribution in [3.63, 3.8) is 0 Å². The van der Waals surface area contributed by atoms with Gasteiger partial charge in [0.15, 0.2) is 0 Å². The molecule has 0 aromatic carbocycles. The summed E-state index contributed by atoms with van der Waals surface area (Å²) in [6.07, 6.45) is 11.2. The second-order valence-corrected chi connectivity index (χ2v) is 5.78. The highest BCUT2D eigenvalue weighted by molar-refractivity contribution is 6.31. The zero-order valence-corrected chi connectivity index (χ0v) is 12.2. The lowest BCUT2D eigenvalue weighted by atomic mass is 9.84. The van der Waals surface area contributed by atoms with Crippen LogP contribution in [0.25, 0.3) is 0 Å². The third kappa shape index (κ3) is 3.07. The van der Waals surface area contributed by atoms with E-state index in [1.54, 1.807) is 6.20 Å². The lowest BCUT2D eigenvalue weighted by Crippen LogP contribution is -2.28. The number of rotatable bonds is 3. The fourth-order valence-electron chi connectivity index (χ4n) is 3.19. The number of halogens is 1. The molecular formula is C14H24ClN3. The largest absolute Gasteiger partial charge is 0.311 e. The zero-order chi connectivity index (χ0) is 13.0. The van der Waals surface area contributed by atoms with Gasteiger partial charge >= 0.3 is 0 Å². The minimum atomic E-state index is 0.336. The van der Waals surface area contributed by atoms with Crippen molar-refractivity contribution in [2.24, 2.45) is 13.0 Å². The average molecular weight is 270 g/mol. The smallest absolute Gasteiger partial charge is 0.0834 e. The first-order valence-corrected chi connectivity index (χ1v) is 7.46. The van der Waals surface area contributed by atoms with E-state index >= 15 is 0 Å². The number of aryl methyl sites for hydroxylation is 1. The number of nitrogens with one attached hydrogen (secondary N) is 1. The van der Waals surface area contributed by atoms with Crippen LogP contribution in [0.4, 0.5) is 0 Å². The van der Waals surface area contributed by atoms with E-state index in [1.807, 2.05) is 18.8 Å². The molecule has 18 heavy (non-hydrogen) atoms. The van der Waals surface area contributed by atoms with Crippen molar-refractivity contribution >= 4 is 11.6 Å². The minimum absolute atomic E-state index is 0.336. The van der Waals surface area contributed by atoms with E-state index in [9.17, 15) is 0 Å². The molecule has 0 amide bonds. The highest BCUT2D eigenvalue weighted by atomic mass is 35.5. The van der Waals surface area contributed by atoms with Gasteiger partial charge in [-0.25, -0.2) is 0 Å². The molecule has 4 heteroatoms. The number of nitrogens with zero attached hydrogens (tertiary/aromatic N) is 2. The van der Waals surface area contributed by atoms with Crippen molar-refractivity contribution in [1.82, 2.24) is 15.1 Å². The Kier molecular flexibility index (Phi) is 5.07. The summed E-state index contributed by atoms with van der Waals surface area (Å²) < 4.78 is 1.92. The molecule has 1 N–H and O–H groups in total. The fraction of sp³-hybridized carbons (Fsp3) is 0.786. The molecule has 1 aromatic heterocycles. The highest BCUT2D eigenvalue weighted by Gasteiger charge is 2.26. The van der Waals surface area contributed by atoms with Crippen molar-refractivity contribution < 1.29 is 0 Å². The number of hydrogen-bond donors (Lipinski definition) is 1. The predicted molar refractivity (Wildman–Crippen MR) is 75.8 cm³/mol. The Morgan fingerprint density at radius 2 is 1.89 bits per heavy atom. The second kappa shape index (κ2) is 6.58. The first-order valence-electron chi connectivity index (χ1n) is 7.08. The van der Waals surface area contributed by atoms with E-state index in [1.165, 1.54) is 44.9 Å². The average Bonchev–Trinajstić information content (AvgIpc) is 2.64. The third-order valence-corrected chi connectivity index (χ3v) is 4.46. The monoisotopic (exact) mass is 269 g/mol. The normalized spacial score (nSPS) is 20.4. The van der Waals surface area contributed by atoms with E-state index in [0.29, 0.717) is 12.0 Å². The topological polar surface area (TPSA) is 29.9 Å². The molecule has 3 nitrogen and oxygen atoms in total. The van der Waals surface area contributed by atoms with Gasteiger partial charge in [0.2, 0.25) is 0 Å². The zero-order valence-electron chi connectivity index (χ0n) is 11.5. The summed E-state index contributed by atoms with van der Waals surface area (Å²) in [7, 11) is 4.02. The van der Waals surface area contributed by atoms with Crippen LogP contribution in [0.5, 0.6) is 0 Å². The quantitative estimate of drug-likeness (QED) is 0.907. The highest BCUT2D eigenvalue weighted by Crippen LogP contribution is 2.35. The molecule has 0 saturated heterocycles. The van der Waals surface area contributed by atoms with E-state index in [0.717, 1.165) is 10.7 Å². The Hall–Kier alpha value is -0.540. The molecule has 1 aromatic rings. The Labute approximate surface area is 115 Å². The Morgan fingerprint density at radius 3 is 2.39 bits per heavy atom. The maximum Gasteiger partial charge on any atom is 0.0834 e. The first-order chi connectivity index (χ1) is 8.74. The lowest BCUT2D eigenvalue weighted by Gasteiger charge is -2.29. The van der Waals surface area contributed by atoms with Crippen LogP contribution in [-0.2, 0) is 7.05 Å². The maximum absolute atomic E-state index is 6.29. The van der Waals surface area contributed by atoms with Gasteiger partial charge in [-0.2, -0.15) is 5.10 Å². The molecule has 0 bridgehead atoms. The molecule has 0 aliphatic heterocycles. The third-order valence-electron chi connectivity index (χ3n) is 4.16. The van der Waals surface area contributed by atoms with Crippen molar-refractivity contribution in [3.05, 3.63) is 16.9 Å². The molecule has 0 spiro atoms. The van der Waals surface area contributed by atoms with Crippen LogP contribution in [0.2, 0.25) is 5.02 Å². The van der Waals surface area contributed by atoms with Gasteiger partial charge in [0, 0.05) is 7.05 Å². The number of hydrogen-bond acceptors (Lipinski definition) is 2. The molecule has 1 aliphatic rings. The molecule has 1 fully saturated rings. The first kappa shape index (κ1) is 13.9. The Bertz CT molecular complexity index is 348. The summed E-state index contributed by atoms with van der Waals surface area (Å²) in [5, 5.41) is 8.52. The van der Waals surface area contributed by atoms with Crippen LogP contribution in [-0.4, -0.2) is 16.8 Å². The van der Waals surface area contributed by atoms with Crippen molar-refractivity contribution in [3.8, 4) is 0 Å². The lowest BCUT2D eigenvalue weighted by molar-refractivity contribution is 0.290. The van der Waals surface area contributed by atoms with Gasteiger partial charge in [-0.15, -0.1) is 0 Å². The van der Waals surface area contributed by atoms with Crippen LogP contribution in [0.3, 0.4) is 0 Å². The molecule has 1 unspecified atom stereocenters. The Morgan fingerprint density at radius 1 is 1.28 bits per heavy atom. The van der Waals surface area contributed by atoms with Gasteiger partial charge in [-0.3, -0.25) is 4.68 Å². The molecule has 2 rings (SSSR count). The van der Waals surface area contributed by atoms with Crippen molar-refractivity contribution in [2.45, 2.75) is 51.0 Å². The molecule has 1 saturated carbocycles. The molecule has 0 radical (unpaired) electrons. The summed E-state index contributed by atoms with van der Waals surface area (Å²) in [6.45, 7) is 0. The summed E-state index contributed by atoms with van der Waals surface area (Å²) in [6, 6.07) is 0.336. The van der Waals surface area contributed by atoms with Crippen LogP contribution in [0, 0.1) is 5.92 Å². The van der Waals surface area contributed by atoms with Gasteiger partial charge in [0.05, 0.1) is 23.0 Å². The summed E-state index contributed by atoms with van der Waals surface area (Å²) >= 11 is 6.29. The SMILES string of the molecule is CNC(c1c(Cl)cnn1C)C1CCCCCCC1. The van der Waals surface area contributed by atoms with E-state index in [-0.39, 0.29) is 0 Å². The molecule has 1 heterocycles. The molecule has 1 atom stereocenters. The van der Waals surface area contributed by atoms with E-state index in [2.05, 4.69) is 10.4 Å². The summed E-state index contributed by atoms with van der Waals surface area (Å²) in [4.78, 5) is 0. The maximum atomic E-state index is 6.29. The number of aromatic nitrogens is 2. The van der Waals surface area contributed by atoms with Crippen LogP contribution in [0.1, 0.15) is 56.7 Å². The van der Waals surface area contributed by atoms with Gasteiger partial charge < -0.3 is 5.32 Å². The van der Waals surface area contributed by atoms with Crippen molar-refractivity contribution in [1.29, 1.82) is 0 Å². The van der Waals surface area contributed by atoms with Crippen LogP contribution >= 0.6 is 11.6 Å². The fourth-order valence-corrected chi connectivity index (χ4v) is 3.47. The standard InChI is InChI=1S/C14H24ClN3/c1-16-13(14-12(15)10-17-18(14)2)11-8-6-4-3-5-7-9-11/h10-11,13,16H,3-9H2,1-2H3. The Balaban J connectivity index is 2.16. The van der Waals surface area contributed by atoms with Crippen LogP contribution < -0.4 is 5.32 Å². The van der Waals surface area contributed by atoms with E-state index in [4.69, 9.17) is 11.6 Å². The van der Waals surface area contributed by atoms with Crippen LogP contribution in [0.15, 0.2) is 6.20 Å². The predicted octanol–water partition coefficient (Wildman–Crippen LogP) is 3.69. The summed E-state index contributed by atoms with van der Waals surface area (Å²) in [5.74, 6) is 0.684. The van der Waals surface area contributed by atoms with Gasteiger partial charge in [0.25, 0.3) is 0 Å².